The monoisotopic (exact) mass is 407 g/mol. The molecule has 0 unspecified atom stereocenters. The molecule has 70 valence electrons. The second-order valence-corrected chi connectivity index (χ2v) is 4.16. The zero-order valence-corrected chi connectivity index (χ0v) is 14.7. The van der Waals surface area contributed by atoms with Gasteiger partial charge in [-0.15, -0.1) is 0 Å². The maximum atomic E-state index is 5.44. The number of hydrogen-bond acceptors (Lipinski definition) is 2. The van der Waals surface area contributed by atoms with Crippen LogP contribution in [0.15, 0.2) is 29.2 Å². The Balaban J connectivity index is 0.00000144. The van der Waals surface area contributed by atoms with E-state index in [1.165, 1.54) is 22.2 Å². The summed E-state index contributed by atoms with van der Waals surface area (Å²) in [7, 11) is 0. The number of benzene rings is 1. The van der Waals surface area contributed by atoms with Crippen molar-refractivity contribution in [3.05, 3.63) is 29.8 Å². The molecule has 0 saturated carbocycles. The van der Waals surface area contributed by atoms with Crippen LogP contribution in [0.1, 0.15) is 12.5 Å². The predicted molar refractivity (Wildman–Crippen MR) is 67.0 cm³/mol. The minimum absolute atomic E-state index is 0. The summed E-state index contributed by atoms with van der Waals surface area (Å²) in [5, 5.41) is 0. The molecule has 0 atom stereocenters. The number of aryl methyl sites for hydroxylation is 1. The molecule has 2 N–H and O–H groups in total. The summed E-state index contributed by atoms with van der Waals surface area (Å²) in [5.41, 5.74) is 6.74. The van der Waals surface area contributed by atoms with E-state index in [0.29, 0.717) is 4.32 Å². The Hall–Kier alpha value is 0.382. The number of hydrogen-bond donors (Lipinski definition) is 1. The zero-order valence-electron chi connectivity index (χ0n) is 7.62. The van der Waals surface area contributed by atoms with Gasteiger partial charge in [0.25, 0.3) is 0 Å². The topological polar surface area (TPSA) is 26.0 Å². The summed E-state index contributed by atoms with van der Waals surface area (Å²) in [6.45, 7) is 2.12. The minimum atomic E-state index is 0. The van der Waals surface area contributed by atoms with Crippen molar-refractivity contribution < 1.29 is 0 Å². The van der Waals surface area contributed by atoms with Crippen LogP contribution in [0.2, 0.25) is 0 Å². The first-order chi connectivity index (χ1) is 5.74. The molecule has 1 rings (SSSR count). The Morgan fingerprint density at radius 2 is 2.08 bits per heavy atom. The standard InChI is InChI=1S/C9H11NS2.Pb.2H/c1-2-7-5-3-4-6-8(7)12-9(10)11;;;/h3-6H,2H2,1H3,(H2,10,11);;;. The van der Waals surface area contributed by atoms with Crippen LogP contribution < -0.4 is 5.73 Å². The summed E-state index contributed by atoms with van der Waals surface area (Å²) >= 11 is 6.28. The average molecular weight is 407 g/mol. The molecular formula is C9H13NPbS2. The fraction of sp³-hybridized carbons (Fsp3) is 0.222. The molecule has 0 aliphatic carbocycles. The molecule has 2 radical (unpaired) electrons. The third-order valence-electron chi connectivity index (χ3n) is 1.56. The first-order valence-corrected chi connectivity index (χ1v) is 5.01. The van der Waals surface area contributed by atoms with Crippen molar-refractivity contribution >= 4 is 55.6 Å². The third-order valence-corrected chi connectivity index (χ3v) is 2.63. The molecule has 4 heteroatoms. The molecule has 0 fully saturated rings. The third kappa shape index (κ3) is 4.42. The van der Waals surface area contributed by atoms with E-state index in [1.54, 1.807) is 0 Å². The Morgan fingerprint density at radius 1 is 1.46 bits per heavy atom. The molecule has 0 spiro atoms. The number of thioether (sulfide) groups is 1. The van der Waals surface area contributed by atoms with Crippen LogP contribution in [0.3, 0.4) is 0 Å². The molecule has 1 nitrogen and oxygen atoms in total. The van der Waals surface area contributed by atoms with Crippen molar-refractivity contribution in [2.75, 3.05) is 0 Å². The van der Waals surface area contributed by atoms with Crippen LogP contribution in [0.25, 0.3) is 0 Å². The van der Waals surface area contributed by atoms with Gasteiger partial charge in [-0.25, -0.2) is 0 Å². The average Bonchev–Trinajstić information content (AvgIpc) is 2.04. The van der Waals surface area contributed by atoms with Gasteiger partial charge in [0.15, 0.2) is 0 Å². The van der Waals surface area contributed by atoms with E-state index in [9.17, 15) is 0 Å². The molecule has 0 bridgehead atoms. The van der Waals surface area contributed by atoms with Crippen molar-refractivity contribution in [3.63, 3.8) is 0 Å². The Bertz CT molecular complexity index is 289. The van der Waals surface area contributed by atoms with Gasteiger partial charge < -0.3 is 5.73 Å². The van der Waals surface area contributed by atoms with Crippen LogP contribution in [-0.4, -0.2) is 31.6 Å². The summed E-state index contributed by atoms with van der Waals surface area (Å²) in [4.78, 5) is 1.17. The molecule has 1 aromatic rings. The van der Waals surface area contributed by atoms with Crippen molar-refractivity contribution in [3.8, 4) is 0 Å². The van der Waals surface area contributed by atoms with Crippen LogP contribution in [0, 0.1) is 0 Å². The molecule has 0 aliphatic rings. The summed E-state index contributed by atoms with van der Waals surface area (Å²) in [6, 6.07) is 8.17. The normalized spacial score (nSPS) is 9.00. The molecule has 13 heavy (non-hydrogen) atoms. The van der Waals surface area contributed by atoms with Gasteiger partial charge in [0.1, 0.15) is 4.32 Å². The van der Waals surface area contributed by atoms with Gasteiger partial charge in [-0.1, -0.05) is 49.1 Å². The quantitative estimate of drug-likeness (QED) is 0.460. The Kier molecular flexibility index (Phi) is 6.98. The van der Waals surface area contributed by atoms with E-state index in [0.717, 1.165) is 6.42 Å². The van der Waals surface area contributed by atoms with E-state index in [2.05, 4.69) is 13.0 Å². The Morgan fingerprint density at radius 3 is 2.62 bits per heavy atom. The van der Waals surface area contributed by atoms with Crippen LogP contribution >= 0.6 is 24.0 Å². The number of thiocarbonyl (C=S) groups is 1. The van der Waals surface area contributed by atoms with Gasteiger partial charge in [0, 0.05) is 4.90 Å². The van der Waals surface area contributed by atoms with Gasteiger partial charge in [0.05, 0.1) is 0 Å². The van der Waals surface area contributed by atoms with Gasteiger partial charge >= 0.3 is 27.3 Å². The summed E-state index contributed by atoms with van der Waals surface area (Å²) in [5.74, 6) is 0. The summed E-state index contributed by atoms with van der Waals surface area (Å²) < 4.78 is 0.482. The second-order valence-electron chi connectivity index (χ2n) is 2.38. The van der Waals surface area contributed by atoms with Crippen molar-refractivity contribution in [1.82, 2.24) is 0 Å². The second kappa shape index (κ2) is 6.78. The van der Waals surface area contributed by atoms with Crippen molar-refractivity contribution in [2.45, 2.75) is 18.2 Å². The van der Waals surface area contributed by atoms with Gasteiger partial charge in [0.2, 0.25) is 0 Å². The van der Waals surface area contributed by atoms with Gasteiger partial charge in [-0.05, 0) is 18.1 Å². The van der Waals surface area contributed by atoms with Gasteiger partial charge in [-0.3, -0.25) is 0 Å². The number of nitrogens with two attached hydrogens (primary N) is 1. The molecule has 0 saturated heterocycles. The molecule has 1 aromatic carbocycles. The first-order valence-electron chi connectivity index (χ1n) is 3.79. The maximum absolute atomic E-state index is 5.44. The van der Waals surface area contributed by atoms with E-state index in [1.807, 2.05) is 18.2 Å². The van der Waals surface area contributed by atoms with E-state index in [-0.39, 0.29) is 27.3 Å². The molecule has 0 heterocycles. The number of rotatable bonds is 2. The summed E-state index contributed by atoms with van der Waals surface area (Å²) in [6.07, 6.45) is 1.02. The van der Waals surface area contributed by atoms with E-state index >= 15 is 0 Å². The fourth-order valence-electron chi connectivity index (χ4n) is 1.00. The van der Waals surface area contributed by atoms with E-state index < -0.39 is 0 Å². The van der Waals surface area contributed by atoms with Crippen LogP contribution in [-0.2, 0) is 6.42 Å². The van der Waals surface area contributed by atoms with E-state index in [4.69, 9.17) is 18.0 Å². The van der Waals surface area contributed by atoms with Crippen molar-refractivity contribution in [2.24, 2.45) is 5.73 Å². The molecule has 0 aliphatic heterocycles. The first kappa shape index (κ1) is 13.4. The molecular weight excluding hydrogens is 393 g/mol. The fourth-order valence-corrected chi connectivity index (χ4v) is 1.98. The van der Waals surface area contributed by atoms with Crippen LogP contribution in [0.4, 0.5) is 0 Å². The molecule has 0 amide bonds. The predicted octanol–water partition coefficient (Wildman–Crippen LogP) is 1.67. The van der Waals surface area contributed by atoms with Gasteiger partial charge in [-0.2, -0.15) is 0 Å². The van der Waals surface area contributed by atoms with Crippen LogP contribution in [0.5, 0.6) is 0 Å². The SMILES string of the molecule is CCc1ccccc1SC(N)=S.[PbH2]. The Labute approximate surface area is 109 Å². The van der Waals surface area contributed by atoms with Crippen molar-refractivity contribution in [1.29, 1.82) is 0 Å². The zero-order chi connectivity index (χ0) is 8.97. The molecule has 0 aromatic heterocycles.